The van der Waals surface area contributed by atoms with Crippen LogP contribution in [0.5, 0.6) is 0 Å². The molecule has 5 aromatic rings. The van der Waals surface area contributed by atoms with Crippen molar-refractivity contribution in [3.63, 3.8) is 0 Å². The second kappa shape index (κ2) is 7.95. The molecule has 0 radical (unpaired) electrons. The molecule has 0 spiro atoms. The number of para-hydroxylation sites is 1. The summed E-state index contributed by atoms with van der Waals surface area (Å²) in [6.07, 6.45) is 6.10. The summed E-state index contributed by atoms with van der Waals surface area (Å²) in [4.78, 5) is 4.67. The van der Waals surface area contributed by atoms with E-state index in [1.54, 1.807) is 42.7 Å². The summed E-state index contributed by atoms with van der Waals surface area (Å²) in [6, 6.07) is 19.2. The molecule has 2 aromatic carbocycles. The predicted molar refractivity (Wildman–Crippen MR) is 130 cm³/mol. The van der Waals surface area contributed by atoms with Crippen molar-refractivity contribution in [1.29, 1.82) is 0 Å². The second-order valence-electron chi connectivity index (χ2n) is 8.87. The Bertz CT molecular complexity index is 1590. The van der Waals surface area contributed by atoms with E-state index in [9.17, 15) is 8.42 Å². The van der Waals surface area contributed by atoms with Gasteiger partial charge in [-0.05, 0) is 56.5 Å². The normalized spacial score (nSPS) is 18.6. The lowest BCUT2D eigenvalue weighted by Crippen LogP contribution is -2.15. The lowest BCUT2D eigenvalue weighted by atomic mass is 10.1. The molecular weight excluding hydrogens is 448 g/mol. The summed E-state index contributed by atoms with van der Waals surface area (Å²) in [7, 11) is -3.78. The SMILES string of the molecule is Cc1ccc(S(=O)(=O)n2ccc3c2ncc2nnc([C@@H]4CC[C@@H](Nc5ccccc5)C4)n23)cc1. The smallest absolute Gasteiger partial charge is 0.269 e. The van der Waals surface area contributed by atoms with Crippen molar-refractivity contribution in [3.8, 4) is 0 Å². The van der Waals surface area contributed by atoms with Crippen molar-refractivity contribution in [2.75, 3.05) is 5.32 Å². The standard InChI is InChI=1S/C25H24N6O2S/c1-17-7-11-21(12-8-17)34(32,33)30-14-13-22-25(30)26-16-23-28-29-24(31(22)23)18-9-10-20(15-18)27-19-5-3-2-4-6-19/h2-8,11-14,16,18,20,27H,9-10,15H2,1H3/t18-,20-/m1/s1. The Hall–Kier alpha value is -3.72. The fourth-order valence-electron chi connectivity index (χ4n) is 4.85. The largest absolute Gasteiger partial charge is 0.382 e. The van der Waals surface area contributed by atoms with Crippen LogP contribution in [-0.2, 0) is 10.0 Å². The number of aryl methyl sites for hydroxylation is 1. The van der Waals surface area contributed by atoms with Crippen molar-refractivity contribution in [2.45, 2.75) is 43.0 Å². The third-order valence-electron chi connectivity index (χ3n) is 6.58. The first-order valence-corrected chi connectivity index (χ1v) is 12.8. The summed E-state index contributed by atoms with van der Waals surface area (Å²) in [5.74, 6) is 1.07. The van der Waals surface area contributed by atoms with Crippen LogP contribution in [0.15, 0.2) is 78.0 Å². The van der Waals surface area contributed by atoms with E-state index in [0.29, 0.717) is 22.9 Å². The number of benzene rings is 2. The molecule has 172 valence electrons. The van der Waals surface area contributed by atoms with Gasteiger partial charge in [0.25, 0.3) is 10.0 Å². The van der Waals surface area contributed by atoms with Gasteiger partial charge in [-0.25, -0.2) is 17.4 Å². The summed E-state index contributed by atoms with van der Waals surface area (Å²) in [5.41, 5.74) is 3.79. The lowest BCUT2D eigenvalue weighted by Gasteiger charge is -2.14. The molecule has 34 heavy (non-hydrogen) atoms. The van der Waals surface area contributed by atoms with E-state index < -0.39 is 10.0 Å². The van der Waals surface area contributed by atoms with Gasteiger partial charge >= 0.3 is 0 Å². The first-order valence-electron chi connectivity index (χ1n) is 11.4. The van der Waals surface area contributed by atoms with Gasteiger partial charge in [-0.3, -0.25) is 4.40 Å². The Labute approximate surface area is 197 Å². The summed E-state index contributed by atoms with van der Waals surface area (Å²) < 4.78 is 29.9. The predicted octanol–water partition coefficient (Wildman–Crippen LogP) is 4.37. The van der Waals surface area contributed by atoms with E-state index in [4.69, 9.17) is 0 Å². The van der Waals surface area contributed by atoms with Gasteiger partial charge in [0.1, 0.15) is 5.82 Å². The zero-order valence-corrected chi connectivity index (χ0v) is 19.5. The minimum Gasteiger partial charge on any atom is -0.382 e. The third kappa shape index (κ3) is 3.43. The van der Waals surface area contributed by atoms with Crippen molar-refractivity contribution < 1.29 is 8.42 Å². The molecule has 9 heteroatoms. The zero-order chi connectivity index (χ0) is 23.3. The van der Waals surface area contributed by atoms with Crippen LogP contribution in [0.1, 0.15) is 36.6 Å². The molecule has 3 heterocycles. The Balaban J connectivity index is 1.37. The second-order valence-corrected chi connectivity index (χ2v) is 10.7. The van der Waals surface area contributed by atoms with Gasteiger partial charge < -0.3 is 5.32 Å². The highest BCUT2D eigenvalue weighted by Gasteiger charge is 2.30. The third-order valence-corrected chi connectivity index (χ3v) is 8.26. The molecule has 8 nitrogen and oxygen atoms in total. The van der Waals surface area contributed by atoms with E-state index in [0.717, 1.165) is 36.3 Å². The number of hydrogen-bond donors (Lipinski definition) is 1. The number of anilines is 1. The van der Waals surface area contributed by atoms with Gasteiger partial charge in [0.2, 0.25) is 0 Å². The molecule has 3 aromatic heterocycles. The van der Waals surface area contributed by atoms with Crippen LogP contribution in [0.4, 0.5) is 5.69 Å². The first kappa shape index (κ1) is 20.9. The number of nitrogens with zero attached hydrogens (tertiary/aromatic N) is 5. The van der Waals surface area contributed by atoms with Crippen LogP contribution in [0.3, 0.4) is 0 Å². The molecule has 1 fully saturated rings. The number of fused-ring (bicyclic) bond motifs is 3. The van der Waals surface area contributed by atoms with Gasteiger partial charge in [0, 0.05) is 23.8 Å². The molecule has 1 N–H and O–H groups in total. The molecule has 1 aliphatic carbocycles. The van der Waals surface area contributed by atoms with Crippen LogP contribution < -0.4 is 5.32 Å². The maximum Gasteiger partial charge on any atom is 0.269 e. The average Bonchev–Trinajstić information content (AvgIpc) is 3.57. The maximum atomic E-state index is 13.3. The van der Waals surface area contributed by atoms with Crippen molar-refractivity contribution in [3.05, 3.63) is 84.4 Å². The number of aromatic nitrogens is 5. The van der Waals surface area contributed by atoms with Crippen LogP contribution in [-0.4, -0.2) is 38.0 Å². The Morgan fingerprint density at radius 2 is 1.76 bits per heavy atom. The van der Waals surface area contributed by atoms with Gasteiger partial charge in [-0.15, -0.1) is 10.2 Å². The Kier molecular flexibility index (Phi) is 4.88. The van der Waals surface area contributed by atoms with Crippen molar-refractivity contribution in [1.82, 2.24) is 23.6 Å². The topological polar surface area (TPSA) is 94.2 Å². The minimum atomic E-state index is -3.78. The Morgan fingerprint density at radius 3 is 2.56 bits per heavy atom. The quantitative estimate of drug-likeness (QED) is 0.408. The van der Waals surface area contributed by atoms with E-state index in [-0.39, 0.29) is 10.8 Å². The monoisotopic (exact) mass is 472 g/mol. The average molecular weight is 473 g/mol. The molecular formula is C25H24N6O2S. The molecule has 6 rings (SSSR count). The molecule has 0 aliphatic heterocycles. The highest BCUT2D eigenvalue weighted by molar-refractivity contribution is 7.90. The maximum absolute atomic E-state index is 13.3. The van der Waals surface area contributed by atoms with E-state index >= 15 is 0 Å². The van der Waals surface area contributed by atoms with Crippen LogP contribution in [0.2, 0.25) is 0 Å². The number of hydrogen-bond acceptors (Lipinski definition) is 6. The molecule has 1 saturated carbocycles. The highest BCUT2D eigenvalue weighted by Crippen LogP contribution is 2.36. The fraction of sp³-hybridized carbons (Fsp3) is 0.240. The van der Waals surface area contributed by atoms with Crippen LogP contribution in [0.25, 0.3) is 16.8 Å². The van der Waals surface area contributed by atoms with E-state index in [1.807, 2.05) is 29.5 Å². The van der Waals surface area contributed by atoms with Gasteiger partial charge in [0.05, 0.1) is 16.6 Å². The van der Waals surface area contributed by atoms with Crippen LogP contribution >= 0.6 is 0 Å². The van der Waals surface area contributed by atoms with Gasteiger partial charge in [0.15, 0.2) is 11.3 Å². The summed E-state index contributed by atoms with van der Waals surface area (Å²) in [5, 5.41) is 12.4. The van der Waals surface area contributed by atoms with Crippen molar-refractivity contribution in [2.24, 2.45) is 0 Å². The molecule has 1 aliphatic rings. The molecule has 0 bridgehead atoms. The molecule has 0 amide bonds. The zero-order valence-electron chi connectivity index (χ0n) is 18.7. The molecule has 2 atom stereocenters. The van der Waals surface area contributed by atoms with Gasteiger partial charge in [-0.2, -0.15) is 0 Å². The van der Waals surface area contributed by atoms with Crippen LogP contribution in [0, 0.1) is 6.92 Å². The van der Waals surface area contributed by atoms with E-state index in [2.05, 4.69) is 32.6 Å². The Morgan fingerprint density at radius 1 is 0.971 bits per heavy atom. The highest BCUT2D eigenvalue weighted by atomic mass is 32.2. The number of rotatable bonds is 5. The molecule has 0 saturated heterocycles. The summed E-state index contributed by atoms with van der Waals surface area (Å²) in [6.45, 7) is 1.93. The minimum absolute atomic E-state index is 0.221. The number of nitrogens with one attached hydrogen (secondary N) is 1. The van der Waals surface area contributed by atoms with Gasteiger partial charge in [-0.1, -0.05) is 35.9 Å². The van der Waals surface area contributed by atoms with Crippen molar-refractivity contribution >= 4 is 32.5 Å². The van der Waals surface area contributed by atoms with E-state index in [1.165, 1.54) is 3.97 Å². The fourth-order valence-corrected chi connectivity index (χ4v) is 6.15. The first-order chi connectivity index (χ1) is 16.5. The molecule has 0 unspecified atom stereocenters. The summed E-state index contributed by atoms with van der Waals surface area (Å²) >= 11 is 0. The lowest BCUT2D eigenvalue weighted by molar-refractivity contribution is 0.588.